The number of benzene rings is 1. The maximum atomic E-state index is 14.3. The van der Waals surface area contributed by atoms with E-state index in [4.69, 9.17) is 0 Å². The number of hydrogen-bond acceptors (Lipinski definition) is 3. The van der Waals surface area contributed by atoms with Crippen molar-refractivity contribution in [1.29, 1.82) is 0 Å². The van der Waals surface area contributed by atoms with Crippen LogP contribution < -0.4 is 0 Å². The molecular weight excluding hydrogens is 350 g/mol. The largest absolute Gasteiger partial charge is 0.455 e. The van der Waals surface area contributed by atoms with Crippen LogP contribution in [0, 0.1) is 0 Å². The molecule has 23 heavy (non-hydrogen) atoms. The van der Waals surface area contributed by atoms with Gasteiger partial charge in [0.2, 0.25) is 0 Å². The molecule has 0 atom stereocenters. The van der Waals surface area contributed by atoms with Crippen molar-refractivity contribution in [3.05, 3.63) is 42.5 Å². The average Bonchev–Trinajstić information content (AvgIpc) is 2.44. The van der Waals surface area contributed by atoms with Gasteiger partial charge >= 0.3 is 11.2 Å². The SMILES string of the molecule is C=C(C)C(=O)OCC(F)(F)S(=O)(O)(O)S(C)(C)c1ccccc1. The molecule has 1 rings (SSSR count). The Labute approximate surface area is 134 Å². The van der Waals surface area contributed by atoms with Gasteiger partial charge in [-0.3, -0.25) is 9.11 Å². The third-order valence-corrected chi connectivity index (χ3v) is 13.2. The van der Waals surface area contributed by atoms with E-state index in [1.54, 1.807) is 6.07 Å². The zero-order chi connectivity index (χ0) is 18.1. The van der Waals surface area contributed by atoms with Crippen LogP contribution in [0.4, 0.5) is 8.78 Å². The first-order valence-electron chi connectivity index (χ1n) is 6.37. The van der Waals surface area contributed by atoms with E-state index in [1.807, 2.05) is 0 Å². The van der Waals surface area contributed by atoms with Crippen molar-refractivity contribution < 1.29 is 31.6 Å². The zero-order valence-electron chi connectivity index (χ0n) is 13.0. The summed E-state index contributed by atoms with van der Waals surface area (Å²) in [4.78, 5) is 11.4. The van der Waals surface area contributed by atoms with E-state index in [1.165, 1.54) is 31.2 Å². The number of hydrogen-bond donors (Lipinski definition) is 2. The van der Waals surface area contributed by atoms with Gasteiger partial charge in [0.1, 0.15) is 0 Å². The standard InChI is InChI=1S/C14H20F2O5S2/c1-11(2)13(17)21-10-14(15,16)23(18,19,20)22(3,4)12-8-6-5-7-9-12/h5-9H,1,10H2,2-4H3,(H2,18,19,20). The summed E-state index contributed by atoms with van der Waals surface area (Å²) in [5.74, 6) is -1.14. The van der Waals surface area contributed by atoms with Crippen LogP contribution in [0.15, 0.2) is 47.4 Å². The van der Waals surface area contributed by atoms with Gasteiger partial charge in [-0.1, -0.05) is 24.8 Å². The summed E-state index contributed by atoms with van der Waals surface area (Å²) < 4.78 is 65.8. The molecule has 0 aliphatic rings. The molecule has 2 N–H and O–H groups in total. The number of alkyl halides is 2. The summed E-state index contributed by atoms with van der Waals surface area (Å²) in [6, 6.07) is 7.38. The molecule has 1 aromatic carbocycles. The maximum Gasteiger partial charge on any atom is 0.382 e. The van der Waals surface area contributed by atoms with Gasteiger partial charge in [-0.2, -0.15) is 8.78 Å². The lowest BCUT2D eigenvalue weighted by Gasteiger charge is -2.51. The van der Waals surface area contributed by atoms with Crippen molar-refractivity contribution >= 4 is 23.7 Å². The van der Waals surface area contributed by atoms with Crippen LogP contribution >= 0.6 is 9.06 Å². The van der Waals surface area contributed by atoms with Crippen molar-refractivity contribution in [1.82, 2.24) is 0 Å². The second-order valence-electron chi connectivity index (χ2n) is 5.34. The molecule has 0 bridgehead atoms. The molecule has 0 aromatic heterocycles. The van der Waals surface area contributed by atoms with Crippen LogP contribution in [-0.4, -0.2) is 43.7 Å². The van der Waals surface area contributed by atoms with Crippen molar-refractivity contribution in [3.8, 4) is 0 Å². The highest BCUT2D eigenvalue weighted by Gasteiger charge is 2.65. The smallest absolute Gasteiger partial charge is 0.382 e. The number of ether oxygens (including phenoxy) is 1. The molecule has 0 saturated heterocycles. The quantitative estimate of drug-likeness (QED) is 0.455. The van der Waals surface area contributed by atoms with Crippen molar-refractivity contribution in [2.45, 2.75) is 17.1 Å². The van der Waals surface area contributed by atoms with Gasteiger partial charge in [0.25, 0.3) is 0 Å². The Balaban J connectivity index is 3.26. The van der Waals surface area contributed by atoms with Crippen LogP contribution in [0.1, 0.15) is 6.92 Å². The monoisotopic (exact) mass is 370 g/mol. The van der Waals surface area contributed by atoms with E-state index >= 15 is 0 Å². The Kier molecular flexibility index (Phi) is 5.13. The number of carbonyl (C=O) groups is 1. The van der Waals surface area contributed by atoms with Gasteiger partial charge < -0.3 is 4.74 Å². The molecular formula is C14H20F2O5S2. The first kappa shape index (κ1) is 19.8. The summed E-state index contributed by atoms with van der Waals surface area (Å²) in [7, 11) is -9.77. The van der Waals surface area contributed by atoms with E-state index in [-0.39, 0.29) is 10.5 Å². The minimum atomic E-state index is -6.50. The fraction of sp³-hybridized carbons (Fsp3) is 0.357. The van der Waals surface area contributed by atoms with Gasteiger partial charge in [0, 0.05) is 10.5 Å². The molecule has 0 radical (unpaired) electrons. The van der Waals surface area contributed by atoms with Crippen LogP contribution in [0.3, 0.4) is 0 Å². The third-order valence-electron chi connectivity index (χ3n) is 3.29. The van der Waals surface area contributed by atoms with Gasteiger partial charge in [0.15, 0.2) is 15.3 Å². The highest BCUT2D eigenvalue weighted by atomic mass is 33.2. The highest BCUT2D eigenvalue weighted by molar-refractivity contribution is 8.97. The summed E-state index contributed by atoms with van der Waals surface area (Å²) in [6.45, 7) is 2.74. The topological polar surface area (TPSA) is 83.8 Å². The Morgan fingerprint density at radius 3 is 2.22 bits per heavy atom. The van der Waals surface area contributed by atoms with Gasteiger partial charge in [-0.15, -0.1) is 9.06 Å². The van der Waals surface area contributed by atoms with Crippen LogP contribution in [0.2, 0.25) is 0 Å². The summed E-state index contributed by atoms with van der Waals surface area (Å²) >= 11 is 0. The maximum absolute atomic E-state index is 14.3. The molecule has 0 aliphatic carbocycles. The van der Waals surface area contributed by atoms with Gasteiger partial charge in [0.05, 0.1) is 0 Å². The molecule has 0 spiro atoms. The molecule has 5 nitrogen and oxygen atoms in total. The lowest BCUT2D eigenvalue weighted by molar-refractivity contribution is -0.145. The first-order chi connectivity index (χ1) is 10.2. The second kappa shape index (κ2) is 5.97. The van der Waals surface area contributed by atoms with Gasteiger partial charge in [-0.05, 0) is 31.6 Å². The fourth-order valence-corrected chi connectivity index (χ4v) is 6.98. The molecule has 0 fully saturated rings. The Morgan fingerprint density at radius 2 is 1.78 bits per heavy atom. The molecule has 0 unspecified atom stereocenters. The molecule has 9 heteroatoms. The van der Waals surface area contributed by atoms with Crippen molar-refractivity contribution in [3.63, 3.8) is 0 Å². The highest BCUT2D eigenvalue weighted by Crippen LogP contribution is 2.69. The first-order valence-corrected chi connectivity index (χ1v) is 11.2. The fourth-order valence-electron chi connectivity index (χ4n) is 1.60. The van der Waals surface area contributed by atoms with E-state index in [9.17, 15) is 26.9 Å². The Morgan fingerprint density at radius 1 is 1.30 bits per heavy atom. The summed E-state index contributed by atoms with van der Waals surface area (Å²) in [5, 5.41) is -4.54. The van der Waals surface area contributed by atoms with Crippen molar-refractivity contribution in [2.24, 2.45) is 0 Å². The molecule has 0 amide bonds. The number of carbonyl (C=O) groups excluding carboxylic acids is 1. The normalized spacial score (nSPS) is 15.3. The Hall–Kier alpha value is -1.29. The third kappa shape index (κ3) is 3.32. The Bertz CT molecular complexity index is 680. The lowest BCUT2D eigenvalue weighted by atomic mass is 10.4. The predicted molar refractivity (Wildman–Crippen MR) is 88.3 cm³/mol. The lowest BCUT2D eigenvalue weighted by Crippen LogP contribution is -2.54. The van der Waals surface area contributed by atoms with Crippen LogP contribution in [0.5, 0.6) is 0 Å². The van der Waals surface area contributed by atoms with Crippen LogP contribution in [-0.2, 0) is 18.2 Å². The van der Waals surface area contributed by atoms with Gasteiger partial charge in [-0.25, -0.2) is 9.00 Å². The zero-order valence-corrected chi connectivity index (χ0v) is 14.6. The molecule has 1 aromatic rings. The van der Waals surface area contributed by atoms with Crippen molar-refractivity contribution in [2.75, 3.05) is 19.1 Å². The molecule has 0 saturated carbocycles. The summed E-state index contributed by atoms with van der Waals surface area (Å²) in [6.07, 6.45) is 2.21. The molecule has 0 aliphatic heterocycles. The summed E-state index contributed by atoms with van der Waals surface area (Å²) in [5.41, 5.74) is -0.144. The number of rotatable bonds is 6. The average molecular weight is 370 g/mol. The predicted octanol–water partition coefficient (Wildman–Crippen LogP) is 3.50. The van der Waals surface area contributed by atoms with E-state index in [2.05, 4.69) is 11.3 Å². The number of esters is 1. The molecule has 0 heterocycles. The van der Waals surface area contributed by atoms with E-state index in [0.717, 1.165) is 12.5 Å². The minimum Gasteiger partial charge on any atom is -0.455 e. The molecule has 132 valence electrons. The number of halogens is 2. The van der Waals surface area contributed by atoms with E-state index < -0.39 is 35.6 Å². The van der Waals surface area contributed by atoms with E-state index in [0.29, 0.717) is 0 Å². The second-order valence-corrected chi connectivity index (χ2v) is 14.8. The minimum absolute atomic E-state index is 0.118. The van der Waals surface area contributed by atoms with Crippen LogP contribution in [0.25, 0.3) is 0 Å².